The van der Waals surface area contributed by atoms with Gasteiger partial charge in [0.2, 0.25) is 0 Å². The highest BCUT2D eigenvalue weighted by atomic mass is 16.6. The highest BCUT2D eigenvalue weighted by Gasteiger charge is 2.33. The fourth-order valence-corrected chi connectivity index (χ4v) is 4.57. The molecule has 5 heteroatoms. The monoisotopic (exact) mass is 422 g/mol. The number of rotatable bonds is 7. The molecular formula is C26H32NO4+. The van der Waals surface area contributed by atoms with Crippen molar-refractivity contribution in [1.82, 2.24) is 0 Å². The van der Waals surface area contributed by atoms with E-state index >= 15 is 0 Å². The average Bonchev–Trinajstić information content (AvgIpc) is 3.42. The molecule has 1 unspecified atom stereocenters. The van der Waals surface area contributed by atoms with Crippen LogP contribution in [0.2, 0.25) is 0 Å². The smallest absolute Gasteiger partial charge is 0.344 e. The second-order valence-electron chi connectivity index (χ2n) is 9.06. The van der Waals surface area contributed by atoms with Gasteiger partial charge >= 0.3 is 5.97 Å². The second-order valence-corrected chi connectivity index (χ2v) is 9.06. The molecule has 2 aromatic carbocycles. The number of benzene rings is 2. The molecule has 0 spiro atoms. The van der Waals surface area contributed by atoms with E-state index in [1.54, 1.807) is 7.11 Å². The minimum Gasteiger partial charge on any atom is -0.497 e. The summed E-state index contributed by atoms with van der Waals surface area (Å²) in [6.45, 7) is 1.77. The molecule has 5 nitrogen and oxygen atoms in total. The van der Waals surface area contributed by atoms with Gasteiger partial charge < -0.3 is 18.7 Å². The topological polar surface area (TPSA) is 44.8 Å². The molecule has 1 aliphatic carbocycles. The van der Waals surface area contributed by atoms with Crippen LogP contribution in [0, 0.1) is 0 Å². The lowest BCUT2D eigenvalue weighted by Crippen LogP contribution is -2.38. The molecular weight excluding hydrogens is 390 g/mol. The number of carbonyl (C=O) groups is 1. The number of hydrogen-bond donors (Lipinski definition) is 0. The Hall–Kier alpha value is -2.79. The van der Waals surface area contributed by atoms with Gasteiger partial charge in [-0.05, 0) is 54.2 Å². The van der Waals surface area contributed by atoms with Gasteiger partial charge in [0.25, 0.3) is 0 Å². The molecule has 0 N–H and O–H groups in total. The van der Waals surface area contributed by atoms with E-state index < -0.39 is 0 Å². The number of likely N-dealkylation sites (tertiary alicyclic amines) is 1. The zero-order valence-electron chi connectivity index (χ0n) is 18.7. The maximum Gasteiger partial charge on any atom is 0.344 e. The van der Waals surface area contributed by atoms with Gasteiger partial charge in [-0.2, -0.15) is 0 Å². The van der Waals surface area contributed by atoms with E-state index in [2.05, 4.69) is 38.4 Å². The molecule has 0 bridgehead atoms. The number of allylic oxidation sites excluding steroid dienone is 2. The Morgan fingerprint density at radius 1 is 1.10 bits per heavy atom. The highest BCUT2D eigenvalue weighted by Crippen LogP contribution is 2.40. The predicted octanol–water partition coefficient (Wildman–Crippen LogP) is 4.70. The van der Waals surface area contributed by atoms with Gasteiger partial charge in [-0.1, -0.05) is 30.3 Å². The maximum atomic E-state index is 12.4. The summed E-state index contributed by atoms with van der Waals surface area (Å²) in [7, 11) is 5.97. The predicted molar refractivity (Wildman–Crippen MR) is 122 cm³/mol. The molecule has 0 amide bonds. The normalized spacial score (nSPS) is 19.7. The van der Waals surface area contributed by atoms with Crippen molar-refractivity contribution in [3.05, 3.63) is 54.1 Å². The van der Waals surface area contributed by atoms with Crippen LogP contribution in [0.4, 0.5) is 0 Å². The lowest BCUT2D eigenvalue weighted by molar-refractivity contribution is -0.879. The molecule has 1 heterocycles. The minimum absolute atomic E-state index is 0.0310. The van der Waals surface area contributed by atoms with Gasteiger partial charge in [0.1, 0.15) is 18.0 Å². The molecule has 1 aliphatic heterocycles. The first-order valence-corrected chi connectivity index (χ1v) is 11.1. The molecule has 0 aromatic heterocycles. The Morgan fingerprint density at radius 3 is 2.58 bits per heavy atom. The quantitative estimate of drug-likeness (QED) is 0.479. The lowest BCUT2D eigenvalue weighted by atomic mass is 9.93. The van der Waals surface area contributed by atoms with Crippen molar-refractivity contribution in [2.75, 3.05) is 40.9 Å². The van der Waals surface area contributed by atoms with Gasteiger partial charge in [-0.15, -0.1) is 0 Å². The third-order valence-corrected chi connectivity index (χ3v) is 6.19. The summed E-state index contributed by atoms with van der Waals surface area (Å²) < 4.78 is 18.0. The van der Waals surface area contributed by atoms with Gasteiger partial charge in [0, 0.05) is 12.0 Å². The van der Waals surface area contributed by atoms with Crippen LogP contribution in [0.1, 0.15) is 31.2 Å². The number of hydrogen-bond acceptors (Lipinski definition) is 4. The Kier molecular flexibility index (Phi) is 6.33. The number of methoxy groups -OCH3 is 1. The molecule has 4 rings (SSSR count). The minimum atomic E-state index is -0.319. The summed E-state index contributed by atoms with van der Waals surface area (Å²) in [6, 6.07) is 14.1. The standard InChI is InChI=1S/C26H32NO4/c1-27(2)15-14-21(17-27)31-26(28)18-30-25-13-12-20(29-3)16-24(25)23-11-7-6-10-22(23)19-8-4-5-9-19/h6-8,10-13,16,21H,4-5,9,14-15,17-18H2,1-3H3/q+1. The molecule has 164 valence electrons. The Morgan fingerprint density at radius 2 is 1.90 bits per heavy atom. The highest BCUT2D eigenvalue weighted by molar-refractivity contribution is 5.85. The summed E-state index contributed by atoms with van der Waals surface area (Å²) in [5.41, 5.74) is 4.60. The van der Waals surface area contributed by atoms with Gasteiger partial charge in [-0.25, -0.2) is 4.79 Å². The van der Waals surface area contributed by atoms with Crippen LogP contribution in [0.25, 0.3) is 16.7 Å². The van der Waals surface area contributed by atoms with Gasteiger partial charge in [0.05, 0.1) is 27.7 Å². The number of likely N-dealkylation sites (N-methyl/N-ethyl adjacent to an activating group) is 1. The van der Waals surface area contributed by atoms with E-state index in [9.17, 15) is 4.79 Å². The largest absolute Gasteiger partial charge is 0.497 e. The molecule has 31 heavy (non-hydrogen) atoms. The number of carbonyl (C=O) groups excluding carboxylic acids is 1. The van der Waals surface area contributed by atoms with Crippen molar-refractivity contribution >= 4 is 11.5 Å². The van der Waals surface area contributed by atoms with Gasteiger partial charge in [0.15, 0.2) is 12.7 Å². The van der Waals surface area contributed by atoms with Crippen molar-refractivity contribution in [2.24, 2.45) is 0 Å². The Balaban J connectivity index is 1.54. The zero-order chi connectivity index (χ0) is 21.8. The van der Waals surface area contributed by atoms with Crippen molar-refractivity contribution in [1.29, 1.82) is 0 Å². The van der Waals surface area contributed by atoms with Crippen LogP contribution < -0.4 is 9.47 Å². The number of quaternary nitrogens is 1. The van der Waals surface area contributed by atoms with E-state index in [1.807, 2.05) is 24.3 Å². The first-order chi connectivity index (χ1) is 14.9. The summed E-state index contributed by atoms with van der Waals surface area (Å²) in [5, 5.41) is 0. The second kappa shape index (κ2) is 9.15. The Labute approximate surface area is 184 Å². The van der Waals surface area contributed by atoms with E-state index in [1.165, 1.54) is 17.6 Å². The number of esters is 1. The number of nitrogens with zero attached hydrogens (tertiary/aromatic N) is 1. The number of ether oxygens (including phenoxy) is 3. The van der Waals surface area contributed by atoms with Gasteiger partial charge in [-0.3, -0.25) is 0 Å². The van der Waals surface area contributed by atoms with E-state index in [0.29, 0.717) is 5.75 Å². The van der Waals surface area contributed by atoms with Crippen molar-refractivity contribution in [3.63, 3.8) is 0 Å². The molecule has 0 saturated carbocycles. The lowest BCUT2D eigenvalue weighted by Gasteiger charge is -2.23. The first kappa shape index (κ1) is 21.4. The van der Waals surface area contributed by atoms with E-state index in [-0.39, 0.29) is 18.7 Å². The van der Waals surface area contributed by atoms with Crippen LogP contribution >= 0.6 is 0 Å². The van der Waals surface area contributed by atoms with Crippen molar-refractivity contribution in [2.45, 2.75) is 31.8 Å². The first-order valence-electron chi connectivity index (χ1n) is 11.1. The third kappa shape index (κ3) is 5.10. The van der Waals surface area contributed by atoms with E-state index in [0.717, 1.165) is 53.7 Å². The summed E-state index contributed by atoms with van der Waals surface area (Å²) in [5.74, 6) is 1.10. The Bertz CT molecular complexity index is 979. The van der Waals surface area contributed by atoms with Crippen molar-refractivity contribution in [3.8, 4) is 22.6 Å². The van der Waals surface area contributed by atoms with Crippen LogP contribution in [-0.4, -0.2) is 57.5 Å². The third-order valence-electron chi connectivity index (χ3n) is 6.19. The molecule has 0 radical (unpaired) electrons. The average molecular weight is 423 g/mol. The van der Waals surface area contributed by atoms with Crippen molar-refractivity contribution < 1.29 is 23.5 Å². The molecule has 1 fully saturated rings. The fourth-order valence-electron chi connectivity index (χ4n) is 4.57. The van der Waals surface area contributed by atoms with Crippen LogP contribution in [0.3, 0.4) is 0 Å². The van der Waals surface area contributed by atoms with Crippen LogP contribution in [0.15, 0.2) is 48.5 Å². The molecule has 2 aromatic rings. The molecule has 2 aliphatic rings. The molecule has 1 saturated heterocycles. The van der Waals surface area contributed by atoms with E-state index in [4.69, 9.17) is 14.2 Å². The summed E-state index contributed by atoms with van der Waals surface area (Å²) >= 11 is 0. The summed E-state index contributed by atoms with van der Waals surface area (Å²) in [4.78, 5) is 12.4. The SMILES string of the molecule is COc1ccc(OCC(=O)OC2CC[N+](C)(C)C2)c(-c2ccccc2C2=CCCC2)c1. The zero-order valence-corrected chi connectivity index (χ0v) is 18.7. The van der Waals surface area contributed by atoms with Crippen LogP contribution in [-0.2, 0) is 9.53 Å². The fraction of sp³-hybridized carbons (Fsp3) is 0.423. The molecule has 1 atom stereocenters. The van der Waals surface area contributed by atoms with Crippen LogP contribution in [0.5, 0.6) is 11.5 Å². The summed E-state index contributed by atoms with van der Waals surface area (Å²) in [6.07, 6.45) is 6.57. The maximum absolute atomic E-state index is 12.4.